The average Bonchev–Trinajstić information content (AvgIpc) is 2.76. The Hall–Kier alpha value is -1.43. The van der Waals surface area contributed by atoms with Crippen molar-refractivity contribution < 1.29 is 4.74 Å². The lowest BCUT2D eigenvalue weighted by Gasteiger charge is -2.10. The lowest BCUT2D eigenvalue weighted by atomic mass is 10.4. The molecule has 0 saturated heterocycles. The van der Waals surface area contributed by atoms with Crippen LogP contribution in [0, 0.1) is 0 Å². The number of rotatable bonds is 4. The highest BCUT2D eigenvalue weighted by Crippen LogP contribution is 2.14. The fourth-order valence-corrected chi connectivity index (χ4v) is 1.64. The van der Waals surface area contributed by atoms with E-state index in [2.05, 4.69) is 44.8 Å². The van der Waals surface area contributed by atoms with Crippen molar-refractivity contribution in [3.63, 3.8) is 0 Å². The zero-order valence-electron chi connectivity index (χ0n) is 9.67. The monoisotopic (exact) mass is 296 g/mol. The zero-order chi connectivity index (χ0) is 12.3. The van der Waals surface area contributed by atoms with Crippen LogP contribution in [0.25, 0.3) is 0 Å². The molecule has 0 N–H and O–H groups in total. The van der Waals surface area contributed by atoms with Gasteiger partial charge >= 0.3 is 0 Å². The summed E-state index contributed by atoms with van der Waals surface area (Å²) < 4.78 is 8.22. The third kappa shape index (κ3) is 3.03. The molecule has 5 nitrogen and oxygen atoms in total. The number of hydrogen-bond acceptors (Lipinski definition) is 4. The molecule has 2 rings (SSSR count). The Morgan fingerprint density at radius 3 is 2.82 bits per heavy atom. The van der Waals surface area contributed by atoms with E-state index in [1.54, 1.807) is 12.5 Å². The number of nitrogens with zero attached hydrogens (tertiary/aromatic N) is 4. The van der Waals surface area contributed by atoms with Crippen LogP contribution in [0.5, 0.6) is 5.75 Å². The number of pyridine rings is 1. The van der Waals surface area contributed by atoms with Gasteiger partial charge in [0.2, 0.25) is 0 Å². The standard InChI is InChI=1S/C11H13BrN4O/c1-8(2)16-11(14-7-15-16)6-17-9-3-4-10(12)13-5-9/h3-5,7-8H,6H2,1-2H3. The molecule has 0 atom stereocenters. The maximum atomic E-state index is 5.59. The highest BCUT2D eigenvalue weighted by Gasteiger charge is 2.08. The molecule has 2 heterocycles. The number of aromatic nitrogens is 4. The second kappa shape index (κ2) is 5.27. The largest absolute Gasteiger partial charge is 0.484 e. The molecule has 0 radical (unpaired) electrons. The maximum Gasteiger partial charge on any atom is 0.165 e. The molecule has 17 heavy (non-hydrogen) atoms. The first-order valence-electron chi connectivity index (χ1n) is 5.29. The van der Waals surface area contributed by atoms with Crippen molar-refractivity contribution in [1.82, 2.24) is 19.7 Å². The van der Waals surface area contributed by atoms with Crippen LogP contribution in [-0.4, -0.2) is 19.7 Å². The van der Waals surface area contributed by atoms with E-state index in [1.807, 2.05) is 16.8 Å². The molecule has 0 aromatic carbocycles. The van der Waals surface area contributed by atoms with E-state index in [-0.39, 0.29) is 6.04 Å². The van der Waals surface area contributed by atoms with Gasteiger partial charge in [-0.1, -0.05) is 0 Å². The van der Waals surface area contributed by atoms with E-state index in [0.717, 1.165) is 10.4 Å². The normalized spacial score (nSPS) is 10.8. The van der Waals surface area contributed by atoms with Gasteiger partial charge in [-0.05, 0) is 41.9 Å². The van der Waals surface area contributed by atoms with Crippen LogP contribution in [-0.2, 0) is 6.61 Å². The second-order valence-electron chi connectivity index (χ2n) is 3.82. The molecule has 0 unspecified atom stereocenters. The Kier molecular flexibility index (Phi) is 3.73. The van der Waals surface area contributed by atoms with E-state index < -0.39 is 0 Å². The number of ether oxygens (including phenoxy) is 1. The minimum Gasteiger partial charge on any atom is -0.484 e. The van der Waals surface area contributed by atoms with Crippen molar-refractivity contribution in [2.45, 2.75) is 26.5 Å². The summed E-state index contributed by atoms with van der Waals surface area (Å²) >= 11 is 3.27. The molecule has 0 aliphatic rings. The van der Waals surface area contributed by atoms with Crippen LogP contribution in [0.15, 0.2) is 29.3 Å². The summed E-state index contributed by atoms with van der Waals surface area (Å²) in [6.07, 6.45) is 3.21. The minimum atomic E-state index is 0.277. The molecule has 0 amide bonds. The molecular formula is C11H13BrN4O. The molecule has 2 aromatic rings. The molecule has 2 aromatic heterocycles. The van der Waals surface area contributed by atoms with Gasteiger partial charge in [-0.3, -0.25) is 0 Å². The fraction of sp³-hybridized carbons (Fsp3) is 0.364. The molecule has 90 valence electrons. The molecule has 0 fully saturated rings. The van der Waals surface area contributed by atoms with Gasteiger partial charge in [0.15, 0.2) is 5.82 Å². The van der Waals surface area contributed by atoms with Crippen molar-refractivity contribution in [2.75, 3.05) is 0 Å². The lowest BCUT2D eigenvalue weighted by molar-refractivity contribution is 0.281. The van der Waals surface area contributed by atoms with E-state index in [9.17, 15) is 0 Å². The number of hydrogen-bond donors (Lipinski definition) is 0. The molecule has 0 aliphatic carbocycles. The molecule has 0 bridgehead atoms. The Bertz CT molecular complexity index is 480. The highest BCUT2D eigenvalue weighted by molar-refractivity contribution is 9.10. The molecule has 0 spiro atoms. The summed E-state index contributed by atoms with van der Waals surface area (Å²) in [6.45, 7) is 4.50. The van der Waals surface area contributed by atoms with Gasteiger partial charge in [-0.2, -0.15) is 5.10 Å². The summed E-state index contributed by atoms with van der Waals surface area (Å²) in [5.41, 5.74) is 0. The SMILES string of the molecule is CC(C)n1ncnc1COc1ccc(Br)nc1. The average molecular weight is 297 g/mol. The van der Waals surface area contributed by atoms with E-state index >= 15 is 0 Å². The van der Waals surface area contributed by atoms with E-state index in [1.165, 1.54) is 0 Å². The van der Waals surface area contributed by atoms with Crippen LogP contribution >= 0.6 is 15.9 Å². The second-order valence-corrected chi connectivity index (χ2v) is 4.63. The van der Waals surface area contributed by atoms with E-state index in [4.69, 9.17) is 4.74 Å². The van der Waals surface area contributed by atoms with Gasteiger partial charge in [0, 0.05) is 6.04 Å². The first-order chi connectivity index (χ1) is 8.16. The summed E-state index contributed by atoms with van der Waals surface area (Å²) in [5, 5.41) is 4.14. The van der Waals surface area contributed by atoms with Gasteiger partial charge in [0.1, 0.15) is 23.3 Å². The summed E-state index contributed by atoms with van der Waals surface area (Å²) in [7, 11) is 0. The third-order valence-corrected chi connectivity index (χ3v) is 2.67. The lowest BCUT2D eigenvalue weighted by Crippen LogP contribution is -2.10. The maximum absolute atomic E-state index is 5.59. The van der Waals surface area contributed by atoms with Crippen LogP contribution in [0.4, 0.5) is 0 Å². The topological polar surface area (TPSA) is 52.8 Å². The Balaban J connectivity index is 2.02. The summed E-state index contributed by atoms with van der Waals surface area (Å²) in [5.74, 6) is 1.52. The van der Waals surface area contributed by atoms with Crippen molar-refractivity contribution in [1.29, 1.82) is 0 Å². The van der Waals surface area contributed by atoms with Gasteiger partial charge in [0.05, 0.1) is 6.20 Å². The zero-order valence-corrected chi connectivity index (χ0v) is 11.3. The Morgan fingerprint density at radius 2 is 2.18 bits per heavy atom. The van der Waals surface area contributed by atoms with Crippen molar-refractivity contribution >= 4 is 15.9 Å². The molecule has 0 aliphatic heterocycles. The predicted octanol–water partition coefficient (Wildman–Crippen LogP) is 2.60. The summed E-state index contributed by atoms with van der Waals surface area (Å²) in [6, 6.07) is 3.97. The van der Waals surface area contributed by atoms with Crippen LogP contribution < -0.4 is 4.74 Å². The predicted molar refractivity (Wildman–Crippen MR) is 66.7 cm³/mol. The first kappa shape index (κ1) is 12.0. The van der Waals surface area contributed by atoms with Gasteiger partial charge < -0.3 is 4.74 Å². The van der Waals surface area contributed by atoms with Crippen molar-refractivity contribution in [2.24, 2.45) is 0 Å². The van der Waals surface area contributed by atoms with Crippen LogP contribution in [0.1, 0.15) is 25.7 Å². The Labute approximate surface area is 108 Å². The number of halogens is 1. The first-order valence-corrected chi connectivity index (χ1v) is 6.09. The molecular weight excluding hydrogens is 284 g/mol. The van der Waals surface area contributed by atoms with Crippen molar-refractivity contribution in [3.05, 3.63) is 35.1 Å². The smallest absolute Gasteiger partial charge is 0.165 e. The van der Waals surface area contributed by atoms with Gasteiger partial charge in [-0.25, -0.2) is 14.6 Å². The van der Waals surface area contributed by atoms with E-state index in [0.29, 0.717) is 12.4 Å². The fourth-order valence-electron chi connectivity index (χ4n) is 1.40. The van der Waals surface area contributed by atoms with Gasteiger partial charge in [-0.15, -0.1) is 0 Å². The molecule has 0 saturated carbocycles. The molecule has 6 heteroatoms. The third-order valence-electron chi connectivity index (χ3n) is 2.20. The van der Waals surface area contributed by atoms with Gasteiger partial charge in [0.25, 0.3) is 0 Å². The Morgan fingerprint density at radius 1 is 1.35 bits per heavy atom. The van der Waals surface area contributed by atoms with Crippen LogP contribution in [0.2, 0.25) is 0 Å². The quantitative estimate of drug-likeness (QED) is 0.814. The minimum absolute atomic E-state index is 0.277. The summed E-state index contributed by atoms with van der Waals surface area (Å²) in [4.78, 5) is 8.25. The highest BCUT2D eigenvalue weighted by atomic mass is 79.9. The van der Waals surface area contributed by atoms with Crippen molar-refractivity contribution in [3.8, 4) is 5.75 Å². The van der Waals surface area contributed by atoms with Crippen LogP contribution in [0.3, 0.4) is 0 Å².